The third-order valence-electron chi connectivity index (χ3n) is 2.84. The van der Waals surface area contributed by atoms with E-state index < -0.39 is 5.92 Å². The van der Waals surface area contributed by atoms with E-state index in [-0.39, 0.29) is 33.4 Å². The van der Waals surface area contributed by atoms with E-state index in [0.717, 1.165) is 0 Å². The molecule has 92 valence electrons. The molecule has 21 heavy (non-hydrogen) atoms. The number of hydrogen-bond donors (Lipinski definition) is 0. The fourth-order valence-corrected chi connectivity index (χ4v) is 1.98. The first-order valence-corrected chi connectivity index (χ1v) is 5.57. The van der Waals surface area contributed by atoms with E-state index in [1.165, 1.54) is 0 Å². The molecule has 1 heteroatoms. The molecule has 1 aromatic carbocycles. The average molecular weight is 261 g/mol. The summed E-state index contributed by atoms with van der Waals surface area (Å²) in [7, 11) is 0. The third-order valence-corrected chi connectivity index (χ3v) is 2.84. The van der Waals surface area contributed by atoms with E-state index in [4.69, 9.17) is 38.5 Å². The zero-order valence-electron chi connectivity index (χ0n) is 11.0. The Labute approximate surface area is 125 Å². The third kappa shape index (κ3) is 2.20. The van der Waals surface area contributed by atoms with Gasteiger partial charge in [0, 0.05) is 16.7 Å². The van der Waals surface area contributed by atoms with Crippen LogP contribution in [0.25, 0.3) is 0 Å². The Morgan fingerprint density at radius 1 is 0.619 bits per heavy atom. The van der Waals surface area contributed by atoms with Crippen molar-refractivity contribution in [2.75, 3.05) is 0 Å². The minimum Gasteiger partial charge on any atom is -0.197 e. The summed E-state index contributed by atoms with van der Waals surface area (Å²) in [6, 6.07) is 1.94. The molecule has 0 saturated heterocycles. The Bertz CT molecular complexity index is 841. The molecule has 0 aliphatic rings. The summed E-state index contributed by atoms with van der Waals surface area (Å²) in [5, 5.41) is 9.20. The second kappa shape index (κ2) is 6.30. The van der Waals surface area contributed by atoms with E-state index in [9.17, 15) is 5.26 Å². The van der Waals surface area contributed by atoms with Crippen LogP contribution < -0.4 is 0 Å². The van der Waals surface area contributed by atoms with Gasteiger partial charge < -0.3 is 0 Å². The molecule has 1 aromatic rings. The monoisotopic (exact) mass is 261 g/mol. The highest BCUT2D eigenvalue weighted by molar-refractivity contribution is 5.74. The molecule has 0 aliphatic carbocycles. The topological polar surface area (TPSA) is 23.8 Å². The summed E-state index contributed by atoms with van der Waals surface area (Å²) in [4.78, 5) is 0. The van der Waals surface area contributed by atoms with Crippen molar-refractivity contribution in [2.24, 2.45) is 0 Å². The Kier molecular flexibility index (Phi) is 4.54. The van der Waals surface area contributed by atoms with Gasteiger partial charge in [0.15, 0.2) is 0 Å². The molecule has 1 atom stereocenters. The molecule has 0 amide bonds. The van der Waals surface area contributed by atoms with Crippen LogP contribution in [0.1, 0.15) is 39.3 Å². The van der Waals surface area contributed by atoms with Gasteiger partial charge in [-0.15, -0.1) is 38.5 Å². The zero-order chi connectivity index (χ0) is 16.0. The van der Waals surface area contributed by atoms with Crippen molar-refractivity contribution in [3.8, 4) is 80.1 Å². The summed E-state index contributed by atoms with van der Waals surface area (Å²) >= 11 is 0. The van der Waals surface area contributed by atoms with Crippen LogP contribution in [0.4, 0.5) is 0 Å². The molecule has 1 unspecified atom stereocenters. The molecule has 0 spiro atoms. The second-order valence-corrected chi connectivity index (χ2v) is 3.74. The quantitative estimate of drug-likeness (QED) is 0.708. The summed E-state index contributed by atoms with van der Waals surface area (Å²) in [6.45, 7) is 0. The highest BCUT2D eigenvalue weighted by atomic mass is 14.3. The molecule has 0 bridgehead atoms. The number of benzene rings is 1. The highest BCUT2D eigenvalue weighted by Gasteiger charge is 2.24. The Hall–Kier alpha value is -3.93. The van der Waals surface area contributed by atoms with Crippen molar-refractivity contribution >= 4 is 0 Å². The van der Waals surface area contributed by atoms with Gasteiger partial charge in [-0.05, 0) is 0 Å². The van der Waals surface area contributed by atoms with Gasteiger partial charge in [-0.1, -0.05) is 35.5 Å². The smallest absolute Gasteiger partial charge is 0.134 e. The van der Waals surface area contributed by atoms with E-state index in [0.29, 0.717) is 0 Å². The lowest BCUT2D eigenvalue weighted by Crippen LogP contribution is -2.08. The van der Waals surface area contributed by atoms with E-state index in [2.05, 4.69) is 35.5 Å². The van der Waals surface area contributed by atoms with E-state index in [1.807, 2.05) is 6.07 Å². The van der Waals surface area contributed by atoms with Gasteiger partial charge in [0.1, 0.15) is 5.92 Å². The van der Waals surface area contributed by atoms with Crippen LogP contribution in [0.15, 0.2) is 0 Å². The number of hydrogen-bond acceptors (Lipinski definition) is 1. The normalized spacial score (nSPS) is 9.38. The van der Waals surface area contributed by atoms with Crippen molar-refractivity contribution in [2.45, 2.75) is 5.92 Å². The maximum absolute atomic E-state index is 9.20. The van der Waals surface area contributed by atoms with Gasteiger partial charge in [-0.3, -0.25) is 0 Å². The van der Waals surface area contributed by atoms with Crippen LogP contribution in [0.5, 0.6) is 0 Å². The molecular formula is C20H7N. The first kappa shape index (κ1) is 15.1. The molecule has 0 aromatic heterocycles. The fraction of sp³-hybridized carbons (Fsp3) is 0.0500. The maximum atomic E-state index is 9.20. The molecule has 1 rings (SSSR count). The molecule has 0 heterocycles. The molecule has 0 N–H and O–H groups in total. The molecule has 0 saturated carbocycles. The van der Waals surface area contributed by atoms with Crippen LogP contribution in [-0.4, -0.2) is 0 Å². The van der Waals surface area contributed by atoms with Gasteiger partial charge in [-0.2, -0.15) is 5.26 Å². The Morgan fingerprint density at radius 2 is 0.952 bits per heavy atom. The van der Waals surface area contributed by atoms with Gasteiger partial charge in [0.2, 0.25) is 0 Å². The lowest BCUT2D eigenvalue weighted by atomic mass is 9.82. The SMILES string of the molecule is C#Cc1c(C#C)c(C#C)c(C(C#C)C#N)c(C#C)c1C#C. The molecule has 0 fully saturated rings. The molecule has 0 radical (unpaired) electrons. The van der Waals surface area contributed by atoms with E-state index in [1.54, 1.807) is 0 Å². The Balaban J connectivity index is 4.26. The zero-order valence-corrected chi connectivity index (χ0v) is 11.0. The van der Waals surface area contributed by atoms with Crippen LogP contribution >= 0.6 is 0 Å². The highest BCUT2D eigenvalue weighted by Crippen LogP contribution is 2.31. The van der Waals surface area contributed by atoms with Crippen LogP contribution in [0.2, 0.25) is 0 Å². The predicted molar refractivity (Wildman–Crippen MR) is 83.3 cm³/mol. The number of rotatable bonds is 1. The van der Waals surface area contributed by atoms with Gasteiger partial charge in [0.25, 0.3) is 0 Å². The van der Waals surface area contributed by atoms with Crippen molar-refractivity contribution in [3.05, 3.63) is 33.4 Å². The summed E-state index contributed by atoms with van der Waals surface area (Å²) < 4.78 is 0. The minimum atomic E-state index is -0.965. The van der Waals surface area contributed by atoms with Crippen molar-refractivity contribution in [1.82, 2.24) is 0 Å². The first-order chi connectivity index (χ1) is 10.1. The van der Waals surface area contributed by atoms with E-state index >= 15 is 0 Å². The summed E-state index contributed by atoms with van der Waals surface area (Å²) in [5.74, 6) is 13.4. The molecule has 1 nitrogen and oxygen atoms in total. The van der Waals surface area contributed by atoms with Crippen molar-refractivity contribution in [3.63, 3.8) is 0 Å². The number of nitriles is 1. The van der Waals surface area contributed by atoms with Crippen LogP contribution in [0.3, 0.4) is 0 Å². The first-order valence-electron chi connectivity index (χ1n) is 5.57. The number of nitrogens with zero attached hydrogens (tertiary/aromatic N) is 1. The fourth-order valence-electron chi connectivity index (χ4n) is 1.98. The molecular weight excluding hydrogens is 254 g/mol. The summed E-state index contributed by atoms with van der Waals surface area (Å²) in [5.41, 5.74) is 1.52. The van der Waals surface area contributed by atoms with Crippen LogP contribution in [0, 0.1) is 85.4 Å². The predicted octanol–water partition coefficient (Wildman–Crippen LogP) is 1.83. The van der Waals surface area contributed by atoms with Gasteiger partial charge in [-0.25, -0.2) is 0 Å². The van der Waals surface area contributed by atoms with Crippen molar-refractivity contribution < 1.29 is 0 Å². The molecule has 0 aliphatic heterocycles. The average Bonchev–Trinajstić information content (AvgIpc) is 2.53. The Morgan fingerprint density at radius 3 is 1.19 bits per heavy atom. The largest absolute Gasteiger partial charge is 0.197 e. The maximum Gasteiger partial charge on any atom is 0.134 e. The number of terminal acetylenes is 6. The van der Waals surface area contributed by atoms with Gasteiger partial charge in [0.05, 0.1) is 22.8 Å². The minimum absolute atomic E-state index is 0.238. The lowest BCUT2D eigenvalue weighted by molar-refractivity contribution is 1.11. The summed E-state index contributed by atoms with van der Waals surface area (Å²) in [6.07, 6.45) is 32.8. The standard InChI is InChI=1S/C20H7N/c1-7-14(13-21)20-18(11-5)16(9-3)15(8-2)17(10-4)19(20)12-6/h1-6,14H. The lowest BCUT2D eigenvalue weighted by Gasteiger charge is -2.16. The second-order valence-electron chi connectivity index (χ2n) is 3.74. The van der Waals surface area contributed by atoms with Gasteiger partial charge >= 0.3 is 0 Å². The van der Waals surface area contributed by atoms with Crippen molar-refractivity contribution in [1.29, 1.82) is 5.26 Å². The van der Waals surface area contributed by atoms with Crippen LogP contribution in [-0.2, 0) is 0 Å².